The van der Waals surface area contributed by atoms with Crippen molar-refractivity contribution < 1.29 is 36.6 Å². The zero-order chi connectivity index (χ0) is 17.6. The molecule has 0 amide bonds. The molecule has 4 nitrogen and oxygen atoms in total. The number of aryl methyl sites for hydroxylation is 1. The number of hydrogen-bond donors (Lipinski definition) is 0. The van der Waals surface area contributed by atoms with Crippen LogP contribution in [-0.4, -0.2) is 17.7 Å². The molecule has 124 valence electrons. The number of carbonyl (C=O) groups excluding carboxylic acids is 2. The molecule has 23 heavy (non-hydrogen) atoms. The average molecular weight is 332 g/mol. The molecule has 0 spiro atoms. The van der Waals surface area contributed by atoms with Gasteiger partial charge in [0, 0.05) is 19.4 Å². The number of halogens is 4. The fraction of sp³-hybridized carbons (Fsp3) is 0.333. The minimum Gasteiger partial charge on any atom is -0.419 e. The molecule has 0 bridgehead atoms. The Morgan fingerprint density at radius 1 is 1.09 bits per heavy atom. The highest BCUT2D eigenvalue weighted by atomic mass is 19.4. The Hall–Kier alpha value is -2.38. The van der Waals surface area contributed by atoms with E-state index in [0.717, 1.165) is 19.1 Å². The maximum Gasteiger partial charge on any atom is 0.419 e. The molecule has 2 rings (SSSR count). The topological polar surface area (TPSA) is 52.6 Å². The summed E-state index contributed by atoms with van der Waals surface area (Å²) < 4.78 is 62.3. The van der Waals surface area contributed by atoms with Crippen molar-refractivity contribution in [2.45, 2.75) is 32.7 Å². The highest BCUT2D eigenvalue weighted by Gasteiger charge is 2.40. The number of rotatable bonds is 1. The Morgan fingerprint density at radius 3 is 2.09 bits per heavy atom. The van der Waals surface area contributed by atoms with E-state index >= 15 is 0 Å². The number of cyclic esters (lactones) is 2. The SMILES string of the molecule is Cc1ccc(C=C2C(=O)OC(C)(C)OC2=O)c(F)c1C(F)(F)F. The lowest BCUT2D eigenvalue weighted by atomic mass is 10.0. The fourth-order valence-electron chi connectivity index (χ4n) is 2.08. The fourth-order valence-corrected chi connectivity index (χ4v) is 2.08. The van der Waals surface area contributed by atoms with Crippen molar-refractivity contribution in [2.24, 2.45) is 0 Å². The summed E-state index contributed by atoms with van der Waals surface area (Å²) in [6.45, 7) is 3.73. The molecule has 8 heteroatoms. The second-order valence-electron chi connectivity index (χ2n) is 5.40. The molecule has 0 atom stereocenters. The van der Waals surface area contributed by atoms with Gasteiger partial charge >= 0.3 is 18.1 Å². The molecule has 1 aromatic rings. The largest absolute Gasteiger partial charge is 0.419 e. The quantitative estimate of drug-likeness (QED) is 0.342. The summed E-state index contributed by atoms with van der Waals surface area (Å²) in [5.74, 6) is -5.26. The highest BCUT2D eigenvalue weighted by Crippen LogP contribution is 2.36. The van der Waals surface area contributed by atoms with E-state index in [0.29, 0.717) is 6.08 Å². The second kappa shape index (κ2) is 5.36. The van der Waals surface area contributed by atoms with Crippen molar-refractivity contribution >= 4 is 18.0 Å². The minimum atomic E-state index is -4.90. The van der Waals surface area contributed by atoms with Crippen LogP contribution in [0.5, 0.6) is 0 Å². The Labute approximate surface area is 128 Å². The van der Waals surface area contributed by atoms with E-state index in [1.807, 2.05) is 0 Å². The van der Waals surface area contributed by atoms with Gasteiger partial charge in [-0.15, -0.1) is 0 Å². The first-order chi connectivity index (χ1) is 10.4. The van der Waals surface area contributed by atoms with Crippen molar-refractivity contribution in [1.29, 1.82) is 0 Å². The number of ether oxygens (including phenoxy) is 2. The van der Waals surface area contributed by atoms with Crippen LogP contribution >= 0.6 is 0 Å². The number of hydrogen-bond acceptors (Lipinski definition) is 4. The third-order valence-electron chi connectivity index (χ3n) is 3.08. The van der Waals surface area contributed by atoms with Gasteiger partial charge in [-0.1, -0.05) is 12.1 Å². The molecule has 1 aliphatic heterocycles. The molecule has 0 unspecified atom stereocenters. The zero-order valence-corrected chi connectivity index (χ0v) is 12.4. The van der Waals surface area contributed by atoms with E-state index in [1.165, 1.54) is 13.8 Å². The predicted octanol–water partition coefficient (Wildman–Crippen LogP) is 3.37. The summed E-state index contributed by atoms with van der Waals surface area (Å²) in [6.07, 6.45) is -4.22. The van der Waals surface area contributed by atoms with Gasteiger partial charge in [0.05, 0.1) is 5.56 Å². The van der Waals surface area contributed by atoms with Crippen LogP contribution in [0, 0.1) is 12.7 Å². The Balaban J connectivity index is 2.52. The smallest absolute Gasteiger partial charge is 0.419 e. The zero-order valence-electron chi connectivity index (χ0n) is 12.4. The molecular weight excluding hydrogens is 320 g/mol. The molecule has 1 heterocycles. The van der Waals surface area contributed by atoms with E-state index in [2.05, 4.69) is 0 Å². The van der Waals surface area contributed by atoms with Gasteiger partial charge in [0.15, 0.2) is 0 Å². The van der Waals surface area contributed by atoms with Crippen LogP contribution in [0.2, 0.25) is 0 Å². The van der Waals surface area contributed by atoms with Gasteiger partial charge in [-0.25, -0.2) is 14.0 Å². The summed E-state index contributed by atoms with van der Waals surface area (Å²) in [5, 5.41) is 0. The van der Waals surface area contributed by atoms with E-state index in [-0.39, 0.29) is 5.56 Å². The molecule has 0 aliphatic carbocycles. The van der Waals surface area contributed by atoms with Gasteiger partial charge in [0.2, 0.25) is 0 Å². The average Bonchev–Trinajstić information content (AvgIpc) is 2.33. The van der Waals surface area contributed by atoms with E-state index in [1.54, 1.807) is 0 Å². The van der Waals surface area contributed by atoms with E-state index in [4.69, 9.17) is 9.47 Å². The summed E-state index contributed by atoms with van der Waals surface area (Å²) in [6, 6.07) is 2.08. The van der Waals surface area contributed by atoms with Crippen molar-refractivity contribution in [3.63, 3.8) is 0 Å². The number of esters is 2. The van der Waals surface area contributed by atoms with Crippen LogP contribution in [0.25, 0.3) is 6.08 Å². The molecule has 0 N–H and O–H groups in total. The first-order valence-electron chi connectivity index (χ1n) is 6.47. The lowest BCUT2D eigenvalue weighted by Crippen LogP contribution is -2.41. The molecule has 0 radical (unpaired) electrons. The summed E-state index contributed by atoms with van der Waals surface area (Å²) in [7, 11) is 0. The molecule has 1 saturated heterocycles. The van der Waals surface area contributed by atoms with E-state index < -0.39 is 46.4 Å². The second-order valence-corrected chi connectivity index (χ2v) is 5.40. The van der Waals surface area contributed by atoms with Crippen LogP contribution in [0.4, 0.5) is 17.6 Å². The van der Waals surface area contributed by atoms with Crippen LogP contribution in [0.3, 0.4) is 0 Å². The normalized spacial score (nSPS) is 17.6. The Bertz CT molecular complexity index is 695. The van der Waals surface area contributed by atoms with Crippen molar-refractivity contribution in [1.82, 2.24) is 0 Å². The number of carbonyl (C=O) groups is 2. The Kier molecular flexibility index (Phi) is 3.96. The standard InChI is InChI=1S/C15H12F4O4/c1-7-4-5-8(11(16)10(7)15(17,18)19)6-9-12(20)22-14(2,3)23-13(9)21/h4-6H,1-3H3. The molecule has 1 aliphatic rings. The first-order valence-corrected chi connectivity index (χ1v) is 6.47. The summed E-state index contributed by atoms with van der Waals surface area (Å²) in [5.41, 5.74) is -3.01. The van der Waals surface area contributed by atoms with Crippen molar-refractivity contribution in [2.75, 3.05) is 0 Å². The summed E-state index contributed by atoms with van der Waals surface area (Å²) in [4.78, 5) is 23.5. The molecule has 1 aromatic carbocycles. The molecule has 0 aromatic heterocycles. The summed E-state index contributed by atoms with van der Waals surface area (Å²) >= 11 is 0. The molecule has 1 fully saturated rings. The predicted molar refractivity (Wildman–Crippen MR) is 70.4 cm³/mol. The first kappa shape index (κ1) is 17.0. The van der Waals surface area contributed by atoms with Gasteiger partial charge in [-0.2, -0.15) is 13.2 Å². The number of benzene rings is 1. The van der Waals surface area contributed by atoms with Crippen LogP contribution in [0.1, 0.15) is 30.5 Å². The van der Waals surface area contributed by atoms with Gasteiger partial charge < -0.3 is 9.47 Å². The highest BCUT2D eigenvalue weighted by molar-refractivity contribution is 6.18. The maximum atomic E-state index is 14.1. The number of alkyl halides is 3. The lowest BCUT2D eigenvalue weighted by molar-refractivity contribution is -0.222. The van der Waals surface area contributed by atoms with E-state index in [9.17, 15) is 27.2 Å². The van der Waals surface area contributed by atoms with Gasteiger partial charge in [-0.3, -0.25) is 0 Å². The van der Waals surface area contributed by atoms with Crippen LogP contribution < -0.4 is 0 Å². The minimum absolute atomic E-state index is 0.313. The lowest BCUT2D eigenvalue weighted by Gasteiger charge is -2.29. The third kappa shape index (κ3) is 3.35. The van der Waals surface area contributed by atoms with Crippen LogP contribution in [0.15, 0.2) is 17.7 Å². The molecule has 0 saturated carbocycles. The van der Waals surface area contributed by atoms with Gasteiger partial charge in [-0.05, 0) is 18.6 Å². The van der Waals surface area contributed by atoms with Crippen molar-refractivity contribution in [3.8, 4) is 0 Å². The van der Waals surface area contributed by atoms with Crippen LogP contribution in [-0.2, 0) is 25.2 Å². The third-order valence-corrected chi connectivity index (χ3v) is 3.08. The monoisotopic (exact) mass is 332 g/mol. The van der Waals surface area contributed by atoms with Crippen molar-refractivity contribution in [3.05, 3.63) is 40.2 Å². The van der Waals surface area contributed by atoms with Gasteiger partial charge in [0.1, 0.15) is 11.4 Å². The van der Waals surface area contributed by atoms with Gasteiger partial charge in [0.25, 0.3) is 5.79 Å². The maximum absolute atomic E-state index is 14.1. The Morgan fingerprint density at radius 2 is 1.61 bits per heavy atom. The molecular formula is C15H12F4O4.